The zero-order chi connectivity index (χ0) is 20.7. The van der Waals surface area contributed by atoms with E-state index in [4.69, 9.17) is 4.74 Å². The highest BCUT2D eigenvalue weighted by atomic mass is 19.4. The van der Waals surface area contributed by atoms with Gasteiger partial charge in [-0.2, -0.15) is 13.2 Å². The summed E-state index contributed by atoms with van der Waals surface area (Å²) < 4.78 is 43.5. The second kappa shape index (κ2) is 6.96. The quantitative estimate of drug-likeness (QED) is 0.637. The molecule has 2 aromatic rings. The van der Waals surface area contributed by atoms with E-state index >= 15 is 0 Å². The van der Waals surface area contributed by atoms with Crippen LogP contribution in [0.5, 0.6) is 0 Å². The molecule has 0 saturated carbocycles. The number of halogens is 3. The molecule has 0 bridgehead atoms. The lowest BCUT2D eigenvalue weighted by Gasteiger charge is -2.30. The third kappa shape index (κ3) is 4.18. The Morgan fingerprint density at radius 1 is 0.964 bits per heavy atom. The van der Waals surface area contributed by atoms with Crippen molar-refractivity contribution in [2.75, 3.05) is 4.90 Å². The number of imide groups is 1. The molecule has 4 nitrogen and oxygen atoms in total. The minimum atomic E-state index is -4.39. The Kier molecular flexibility index (Phi) is 4.95. The Morgan fingerprint density at radius 2 is 1.57 bits per heavy atom. The normalized spacial score (nSPS) is 14.6. The van der Waals surface area contributed by atoms with Gasteiger partial charge in [-0.25, -0.2) is 9.69 Å². The van der Waals surface area contributed by atoms with E-state index in [0.717, 1.165) is 22.6 Å². The standard InChI is InChI=1S/C21H20F3NO3/c1-20(2,3)28-19(27)25-17-10-6-14(12-15(17)7-11-18(25)26)13-4-8-16(9-5-13)21(22,23)24/h4-6,8-10,12H,7,11H2,1-3H3. The van der Waals surface area contributed by atoms with Gasteiger partial charge in [0.15, 0.2) is 0 Å². The highest BCUT2D eigenvalue weighted by Gasteiger charge is 2.33. The van der Waals surface area contributed by atoms with Crippen molar-refractivity contribution in [2.45, 2.75) is 45.4 Å². The van der Waals surface area contributed by atoms with Crippen molar-refractivity contribution < 1.29 is 27.5 Å². The third-order valence-corrected chi connectivity index (χ3v) is 4.30. The highest BCUT2D eigenvalue weighted by Crippen LogP contribution is 2.35. The van der Waals surface area contributed by atoms with Gasteiger partial charge < -0.3 is 4.74 Å². The summed E-state index contributed by atoms with van der Waals surface area (Å²) in [6.07, 6.45) is -4.52. The van der Waals surface area contributed by atoms with Gasteiger partial charge in [-0.1, -0.05) is 18.2 Å². The lowest BCUT2D eigenvalue weighted by Crippen LogP contribution is -2.43. The van der Waals surface area contributed by atoms with Crippen LogP contribution in [0.15, 0.2) is 42.5 Å². The smallest absolute Gasteiger partial charge is 0.421 e. The molecule has 1 aliphatic heterocycles. The molecule has 0 unspecified atom stereocenters. The summed E-state index contributed by atoms with van der Waals surface area (Å²) in [5, 5.41) is 0. The molecule has 0 atom stereocenters. The number of amides is 2. The van der Waals surface area contributed by atoms with E-state index in [9.17, 15) is 22.8 Å². The van der Waals surface area contributed by atoms with Gasteiger partial charge >= 0.3 is 12.3 Å². The van der Waals surface area contributed by atoms with Crippen LogP contribution in [-0.2, 0) is 22.1 Å². The van der Waals surface area contributed by atoms with Gasteiger partial charge in [0.05, 0.1) is 11.3 Å². The topological polar surface area (TPSA) is 46.6 Å². The molecular formula is C21H20F3NO3. The zero-order valence-corrected chi connectivity index (χ0v) is 15.8. The molecule has 1 aliphatic rings. The van der Waals surface area contributed by atoms with Crippen molar-refractivity contribution in [3.8, 4) is 11.1 Å². The van der Waals surface area contributed by atoms with Crippen LogP contribution in [0.3, 0.4) is 0 Å². The lowest BCUT2D eigenvalue weighted by molar-refractivity contribution is -0.137. The van der Waals surface area contributed by atoms with E-state index in [1.54, 1.807) is 39.0 Å². The Hall–Kier alpha value is -2.83. The molecule has 0 saturated heterocycles. The predicted octanol–water partition coefficient (Wildman–Crippen LogP) is 5.59. The first-order valence-corrected chi connectivity index (χ1v) is 8.82. The molecule has 0 spiro atoms. The number of carbonyl (C=O) groups excluding carboxylic acids is 2. The minimum absolute atomic E-state index is 0.155. The Morgan fingerprint density at radius 3 is 2.14 bits per heavy atom. The number of rotatable bonds is 1. The Bertz CT molecular complexity index is 912. The van der Waals surface area contributed by atoms with Crippen molar-refractivity contribution in [3.05, 3.63) is 53.6 Å². The molecule has 0 N–H and O–H groups in total. The second-order valence-corrected chi connectivity index (χ2v) is 7.63. The Labute approximate surface area is 160 Å². The number of fused-ring (bicyclic) bond motifs is 1. The van der Waals surface area contributed by atoms with Crippen LogP contribution in [0.25, 0.3) is 11.1 Å². The van der Waals surface area contributed by atoms with Crippen LogP contribution in [0, 0.1) is 0 Å². The van der Waals surface area contributed by atoms with Crippen LogP contribution in [0.1, 0.15) is 38.3 Å². The van der Waals surface area contributed by atoms with Gasteiger partial charge in [0, 0.05) is 6.42 Å². The van der Waals surface area contributed by atoms with Crippen LogP contribution in [0.2, 0.25) is 0 Å². The summed E-state index contributed by atoms with van der Waals surface area (Å²) in [5.41, 5.74) is 1.09. The van der Waals surface area contributed by atoms with Gasteiger partial charge in [-0.3, -0.25) is 4.79 Å². The maximum absolute atomic E-state index is 12.7. The average molecular weight is 391 g/mol. The first-order chi connectivity index (χ1) is 13.0. The molecular weight excluding hydrogens is 371 g/mol. The summed E-state index contributed by atoms with van der Waals surface area (Å²) in [4.78, 5) is 25.8. The second-order valence-electron chi connectivity index (χ2n) is 7.63. The highest BCUT2D eigenvalue weighted by molar-refractivity contribution is 6.14. The summed E-state index contributed by atoms with van der Waals surface area (Å²) >= 11 is 0. The van der Waals surface area contributed by atoms with Crippen LogP contribution in [0.4, 0.5) is 23.7 Å². The van der Waals surface area contributed by atoms with Gasteiger partial charge in [0.1, 0.15) is 5.60 Å². The summed E-state index contributed by atoms with van der Waals surface area (Å²) in [6.45, 7) is 5.15. The van der Waals surface area contributed by atoms with Crippen molar-refractivity contribution in [2.24, 2.45) is 0 Å². The molecule has 1 heterocycles. The number of ether oxygens (including phenoxy) is 1. The van der Waals surface area contributed by atoms with Crippen LogP contribution in [-0.4, -0.2) is 17.6 Å². The number of nitrogens with zero attached hydrogens (tertiary/aromatic N) is 1. The Balaban J connectivity index is 1.92. The van der Waals surface area contributed by atoms with Gasteiger partial charge in [-0.15, -0.1) is 0 Å². The molecule has 2 aromatic carbocycles. The van der Waals surface area contributed by atoms with Crippen LogP contribution >= 0.6 is 0 Å². The summed E-state index contributed by atoms with van der Waals surface area (Å²) in [5.74, 6) is -0.343. The van der Waals surface area contributed by atoms with E-state index in [1.807, 2.05) is 0 Å². The van der Waals surface area contributed by atoms with E-state index in [0.29, 0.717) is 23.2 Å². The average Bonchev–Trinajstić information content (AvgIpc) is 2.59. The van der Waals surface area contributed by atoms with Crippen molar-refractivity contribution in [3.63, 3.8) is 0 Å². The monoisotopic (exact) mass is 391 g/mol. The number of benzene rings is 2. The minimum Gasteiger partial charge on any atom is -0.443 e. The first-order valence-electron chi connectivity index (χ1n) is 8.82. The predicted molar refractivity (Wildman–Crippen MR) is 98.9 cm³/mol. The van der Waals surface area contributed by atoms with Gasteiger partial charge in [0.2, 0.25) is 5.91 Å². The van der Waals surface area contributed by atoms with Gasteiger partial charge in [-0.05, 0) is 68.1 Å². The van der Waals surface area contributed by atoms with Crippen LogP contribution < -0.4 is 4.90 Å². The molecule has 2 amide bonds. The molecule has 7 heteroatoms. The fraction of sp³-hybridized carbons (Fsp3) is 0.333. The summed E-state index contributed by atoms with van der Waals surface area (Å²) in [6, 6.07) is 9.98. The molecule has 148 valence electrons. The molecule has 28 heavy (non-hydrogen) atoms. The molecule has 3 rings (SSSR count). The third-order valence-electron chi connectivity index (χ3n) is 4.30. The fourth-order valence-electron chi connectivity index (χ4n) is 3.03. The summed E-state index contributed by atoms with van der Waals surface area (Å²) in [7, 11) is 0. The molecule has 0 fully saturated rings. The number of hydrogen-bond acceptors (Lipinski definition) is 3. The number of carbonyl (C=O) groups is 2. The largest absolute Gasteiger partial charge is 0.443 e. The molecule has 0 radical (unpaired) electrons. The van der Waals surface area contributed by atoms with Crippen molar-refractivity contribution in [1.82, 2.24) is 0 Å². The maximum atomic E-state index is 12.7. The van der Waals surface area contributed by atoms with E-state index in [2.05, 4.69) is 0 Å². The first kappa shape index (κ1) is 19.9. The van der Waals surface area contributed by atoms with Crippen molar-refractivity contribution >= 4 is 17.7 Å². The number of hydrogen-bond donors (Lipinski definition) is 0. The lowest BCUT2D eigenvalue weighted by atomic mass is 9.95. The number of alkyl halides is 3. The zero-order valence-electron chi connectivity index (χ0n) is 15.8. The maximum Gasteiger partial charge on any atom is 0.421 e. The van der Waals surface area contributed by atoms with E-state index in [1.165, 1.54) is 12.1 Å². The van der Waals surface area contributed by atoms with Crippen molar-refractivity contribution in [1.29, 1.82) is 0 Å². The van der Waals surface area contributed by atoms with E-state index in [-0.39, 0.29) is 12.3 Å². The number of anilines is 1. The molecule has 0 aromatic heterocycles. The van der Waals surface area contributed by atoms with Gasteiger partial charge in [0.25, 0.3) is 0 Å². The SMILES string of the molecule is CC(C)(C)OC(=O)N1C(=O)CCc2cc(-c3ccc(C(F)(F)F)cc3)ccc21. The number of aryl methyl sites for hydroxylation is 1. The molecule has 0 aliphatic carbocycles. The van der Waals surface area contributed by atoms with E-state index < -0.39 is 23.4 Å². The fourth-order valence-corrected chi connectivity index (χ4v) is 3.03.